The van der Waals surface area contributed by atoms with Crippen LogP contribution in [0.25, 0.3) is 0 Å². The lowest BCUT2D eigenvalue weighted by Gasteiger charge is -2.25. The summed E-state index contributed by atoms with van der Waals surface area (Å²) in [4.78, 5) is 14.8. The second kappa shape index (κ2) is 6.81. The molecule has 1 amide bonds. The van der Waals surface area contributed by atoms with Gasteiger partial charge in [0.05, 0.1) is 23.2 Å². The molecule has 3 nitrogen and oxygen atoms in total. The largest absolute Gasteiger partial charge is 0.494 e. The Bertz CT molecular complexity index is 695. The quantitative estimate of drug-likeness (QED) is 0.781. The lowest BCUT2D eigenvalue weighted by Crippen LogP contribution is -2.30. The van der Waals surface area contributed by atoms with Crippen molar-refractivity contribution >= 4 is 29.1 Å². The highest BCUT2D eigenvalue weighted by Crippen LogP contribution is 2.37. The van der Waals surface area contributed by atoms with E-state index in [-0.39, 0.29) is 11.9 Å². The van der Waals surface area contributed by atoms with Crippen LogP contribution in [0.3, 0.4) is 0 Å². The first-order chi connectivity index (χ1) is 11.1. The summed E-state index contributed by atoms with van der Waals surface area (Å²) in [7, 11) is 1.50. The SMILES string of the molecule is COc1c(Cl)cc(C(=O)N2CCCC2c2ccccc2)cc1Cl. The zero-order valence-electron chi connectivity index (χ0n) is 12.8. The fraction of sp³-hybridized carbons (Fsp3) is 0.278. The van der Waals surface area contributed by atoms with Crippen LogP contribution in [0.15, 0.2) is 42.5 Å². The Hall–Kier alpha value is -1.71. The van der Waals surface area contributed by atoms with Gasteiger partial charge in [0.1, 0.15) is 0 Å². The van der Waals surface area contributed by atoms with Crippen molar-refractivity contribution in [2.45, 2.75) is 18.9 Å². The number of methoxy groups -OCH3 is 1. The summed E-state index contributed by atoms with van der Waals surface area (Å²) in [5.41, 5.74) is 1.65. The van der Waals surface area contributed by atoms with Gasteiger partial charge < -0.3 is 9.64 Å². The maximum Gasteiger partial charge on any atom is 0.254 e. The van der Waals surface area contributed by atoms with Gasteiger partial charge in [0.2, 0.25) is 0 Å². The van der Waals surface area contributed by atoms with E-state index in [0.29, 0.717) is 21.4 Å². The van der Waals surface area contributed by atoms with E-state index >= 15 is 0 Å². The van der Waals surface area contributed by atoms with Gasteiger partial charge in [0.25, 0.3) is 5.91 Å². The molecule has 0 N–H and O–H groups in total. The van der Waals surface area contributed by atoms with Gasteiger partial charge in [-0.2, -0.15) is 0 Å². The molecule has 2 aromatic carbocycles. The van der Waals surface area contributed by atoms with Gasteiger partial charge in [-0.05, 0) is 30.5 Å². The standard InChI is InChI=1S/C18H17Cl2NO2/c1-23-17-14(19)10-13(11-15(17)20)18(22)21-9-5-8-16(21)12-6-3-2-4-7-12/h2-4,6-7,10-11,16H,5,8-9H2,1H3. The van der Waals surface area contributed by atoms with Gasteiger partial charge in [0, 0.05) is 12.1 Å². The van der Waals surface area contributed by atoms with E-state index in [1.807, 2.05) is 23.1 Å². The molecule has 1 aliphatic rings. The molecule has 1 unspecified atom stereocenters. The molecule has 0 saturated carbocycles. The number of rotatable bonds is 3. The second-order valence-electron chi connectivity index (χ2n) is 5.54. The topological polar surface area (TPSA) is 29.5 Å². The molecule has 1 fully saturated rings. The van der Waals surface area contributed by atoms with Gasteiger partial charge in [-0.1, -0.05) is 53.5 Å². The lowest BCUT2D eigenvalue weighted by atomic mass is 10.0. The summed E-state index contributed by atoms with van der Waals surface area (Å²) in [6, 6.07) is 13.4. The molecule has 1 saturated heterocycles. The number of benzene rings is 2. The first-order valence-electron chi connectivity index (χ1n) is 7.50. The Morgan fingerprint density at radius 1 is 1.17 bits per heavy atom. The maximum atomic E-state index is 12.9. The third kappa shape index (κ3) is 3.17. The number of halogens is 2. The molecule has 3 rings (SSSR count). The normalized spacial score (nSPS) is 17.3. The number of hydrogen-bond acceptors (Lipinski definition) is 2. The van der Waals surface area contributed by atoms with Gasteiger partial charge >= 0.3 is 0 Å². The minimum Gasteiger partial charge on any atom is -0.494 e. The Balaban J connectivity index is 1.91. The Morgan fingerprint density at radius 2 is 1.83 bits per heavy atom. The minimum absolute atomic E-state index is 0.0530. The summed E-state index contributed by atoms with van der Waals surface area (Å²) >= 11 is 12.3. The summed E-state index contributed by atoms with van der Waals surface area (Å²) in [6.45, 7) is 0.736. The fourth-order valence-corrected chi connectivity index (χ4v) is 3.72. The molecule has 1 atom stereocenters. The van der Waals surface area contributed by atoms with Crippen LogP contribution < -0.4 is 4.74 Å². The first-order valence-corrected chi connectivity index (χ1v) is 8.26. The highest BCUT2D eigenvalue weighted by Gasteiger charge is 2.31. The third-order valence-corrected chi connectivity index (χ3v) is 4.71. The van der Waals surface area contributed by atoms with Gasteiger partial charge in [-0.3, -0.25) is 4.79 Å². The van der Waals surface area contributed by atoms with E-state index in [2.05, 4.69) is 12.1 Å². The Kier molecular flexibility index (Phi) is 4.79. The van der Waals surface area contributed by atoms with Crippen LogP contribution >= 0.6 is 23.2 Å². The van der Waals surface area contributed by atoms with Gasteiger partial charge in [0.15, 0.2) is 5.75 Å². The molecular formula is C18H17Cl2NO2. The summed E-state index contributed by atoms with van der Waals surface area (Å²) in [5, 5.41) is 0.692. The zero-order valence-corrected chi connectivity index (χ0v) is 14.3. The number of carbonyl (C=O) groups is 1. The first kappa shape index (κ1) is 16.2. The summed E-state index contributed by atoms with van der Waals surface area (Å²) in [6.07, 6.45) is 1.95. The maximum absolute atomic E-state index is 12.9. The molecule has 0 radical (unpaired) electrons. The molecule has 0 bridgehead atoms. The van der Waals surface area contributed by atoms with Crippen LogP contribution in [0.4, 0.5) is 0 Å². The van der Waals surface area contributed by atoms with E-state index in [0.717, 1.165) is 24.9 Å². The fourth-order valence-electron chi connectivity index (χ4n) is 3.08. The number of ether oxygens (including phenoxy) is 1. The Labute approximate surface area is 145 Å². The van der Waals surface area contributed by atoms with E-state index < -0.39 is 0 Å². The van der Waals surface area contributed by atoms with Crippen LogP contribution in [-0.4, -0.2) is 24.5 Å². The lowest BCUT2D eigenvalue weighted by molar-refractivity contribution is 0.0735. The van der Waals surface area contributed by atoms with Crippen molar-refractivity contribution in [2.75, 3.05) is 13.7 Å². The van der Waals surface area contributed by atoms with E-state index in [4.69, 9.17) is 27.9 Å². The van der Waals surface area contributed by atoms with Crippen LogP contribution in [0.1, 0.15) is 34.8 Å². The second-order valence-corrected chi connectivity index (χ2v) is 6.35. The molecule has 0 aromatic heterocycles. The Morgan fingerprint density at radius 3 is 2.43 bits per heavy atom. The van der Waals surface area contributed by atoms with E-state index in [1.54, 1.807) is 12.1 Å². The van der Waals surface area contributed by atoms with Crippen molar-refractivity contribution in [3.63, 3.8) is 0 Å². The van der Waals surface area contributed by atoms with Crippen molar-refractivity contribution < 1.29 is 9.53 Å². The number of nitrogens with zero attached hydrogens (tertiary/aromatic N) is 1. The van der Waals surface area contributed by atoms with E-state index in [9.17, 15) is 4.79 Å². The van der Waals surface area contributed by atoms with Crippen molar-refractivity contribution in [2.24, 2.45) is 0 Å². The number of carbonyl (C=O) groups excluding carboxylic acids is 1. The number of hydrogen-bond donors (Lipinski definition) is 0. The monoisotopic (exact) mass is 349 g/mol. The highest BCUT2D eigenvalue weighted by molar-refractivity contribution is 6.37. The number of amides is 1. The predicted octanol–water partition coefficient (Wildman–Crippen LogP) is 4.98. The molecule has 2 aromatic rings. The molecule has 0 aliphatic carbocycles. The smallest absolute Gasteiger partial charge is 0.254 e. The average Bonchev–Trinajstić information content (AvgIpc) is 3.04. The van der Waals surface area contributed by atoms with Crippen molar-refractivity contribution in [3.05, 3.63) is 63.6 Å². The summed E-state index contributed by atoms with van der Waals surface area (Å²) < 4.78 is 5.14. The van der Waals surface area contributed by atoms with Crippen LogP contribution in [0.5, 0.6) is 5.75 Å². The van der Waals surface area contributed by atoms with Crippen LogP contribution in [0, 0.1) is 0 Å². The molecule has 23 heavy (non-hydrogen) atoms. The average molecular weight is 350 g/mol. The van der Waals surface area contributed by atoms with Crippen LogP contribution in [-0.2, 0) is 0 Å². The highest BCUT2D eigenvalue weighted by atomic mass is 35.5. The van der Waals surface area contributed by atoms with Crippen molar-refractivity contribution in [3.8, 4) is 5.75 Å². The predicted molar refractivity (Wildman–Crippen MR) is 92.5 cm³/mol. The van der Waals surface area contributed by atoms with Gasteiger partial charge in [-0.25, -0.2) is 0 Å². The summed E-state index contributed by atoms with van der Waals surface area (Å²) in [5.74, 6) is 0.341. The minimum atomic E-state index is -0.0530. The molecule has 5 heteroatoms. The molecule has 0 spiro atoms. The van der Waals surface area contributed by atoms with Crippen molar-refractivity contribution in [1.29, 1.82) is 0 Å². The van der Waals surface area contributed by atoms with E-state index in [1.165, 1.54) is 7.11 Å². The number of likely N-dealkylation sites (tertiary alicyclic amines) is 1. The molecule has 1 heterocycles. The molecular weight excluding hydrogens is 333 g/mol. The third-order valence-electron chi connectivity index (χ3n) is 4.15. The molecule has 120 valence electrons. The van der Waals surface area contributed by atoms with Crippen LogP contribution in [0.2, 0.25) is 10.0 Å². The van der Waals surface area contributed by atoms with Crippen molar-refractivity contribution in [1.82, 2.24) is 4.90 Å². The zero-order chi connectivity index (χ0) is 16.4. The molecule has 1 aliphatic heterocycles. The van der Waals surface area contributed by atoms with Gasteiger partial charge in [-0.15, -0.1) is 0 Å².